The molecule has 0 amide bonds. The minimum Gasteiger partial charge on any atom is -0.308 e. The highest BCUT2D eigenvalue weighted by Crippen LogP contribution is 2.12. The molecule has 2 aromatic heterocycles. The fourth-order valence-corrected chi connectivity index (χ4v) is 1.90. The third kappa shape index (κ3) is 2.59. The average molecular weight is 251 g/mol. The number of hydrogen-bond donors (Lipinski definition) is 1. The van der Waals surface area contributed by atoms with Gasteiger partial charge in [-0.05, 0) is 13.8 Å². The maximum atomic E-state index is 13.9. The molecular weight excluding hydrogens is 233 g/mol. The van der Waals surface area contributed by atoms with Crippen LogP contribution in [-0.4, -0.2) is 19.6 Å². The van der Waals surface area contributed by atoms with Crippen LogP contribution in [0.3, 0.4) is 0 Å². The highest BCUT2D eigenvalue weighted by Gasteiger charge is 2.13. The zero-order chi connectivity index (χ0) is 13.1. The predicted molar refractivity (Wildman–Crippen MR) is 66.3 cm³/mol. The summed E-state index contributed by atoms with van der Waals surface area (Å²) < 4.78 is 17.0. The van der Waals surface area contributed by atoms with Crippen molar-refractivity contribution in [1.29, 1.82) is 0 Å². The van der Waals surface area contributed by atoms with Gasteiger partial charge < -0.3 is 5.32 Å². The number of hydrogen-bond acceptors (Lipinski definition) is 3. The lowest BCUT2D eigenvalue weighted by atomic mass is 10.2. The van der Waals surface area contributed by atoms with Crippen LogP contribution >= 0.6 is 0 Å². The highest BCUT2D eigenvalue weighted by molar-refractivity contribution is 5.17. The molecule has 0 saturated carbocycles. The Morgan fingerprint density at radius 1 is 1.39 bits per heavy atom. The molecule has 0 aliphatic carbocycles. The monoisotopic (exact) mass is 251 g/mol. The van der Waals surface area contributed by atoms with Crippen LogP contribution in [-0.2, 0) is 26.7 Å². The fraction of sp³-hybridized carbons (Fsp3) is 0.500. The zero-order valence-corrected chi connectivity index (χ0v) is 10.9. The Kier molecular flexibility index (Phi) is 3.76. The van der Waals surface area contributed by atoms with Gasteiger partial charge in [0.15, 0.2) is 0 Å². The van der Waals surface area contributed by atoms with Crippen LogP contribution in [0.25, 0.3) is 0 Å². The van der Waals surface area contributed by atoms with E-state index in [1.807, 2.05) is 27.1 Å². The van der Waals surface area contributed by atoms with E-state index < -0.39 is 0 Å². The second-order valence-corrected chi connectivity index (χ2v) is 4.30. The molecule has 1 N–H and O–H groups in total. The largest absolute Gasteiger partial charge is 0.308 e. The summed E-state index contributed by atoms with van der Waals surface area (Å²) in [5, 5.41) is 11.4. The Morgan fingerprint density at radius 3 is 2.72 bits per heavy atom. The van der Waals surface area contributed by atoms with Crippen LogP contribution in [0.1, 0.15) is 23.7 Å². The van der Waals surface area contributed by atoms with Crippen LogP contribution in [0, 0.1) is 12.9 Å². The van der Waals surface area contributed by atoms with Gasteiger partial charge in [0, 0.05) is 44.0 Å². The molecule has 2 heterocycles. The number of rotatable bonds is 5. The topological polar surface area (TPSA) is 47.7 Å². The van der Waals surface area contributed by atoms with E-state index in [1.165, 1.54) is 4.68 Å². The van der Waals surface area contributed by atoms with Gasteiger partial charge in [0.05, 0.1) is 11.9 Å². The molecule has 0 bridgehead atoms. The zero-order valence-electron chi connectivity index (χ0n) is 10.9. The van der Waals surface area contributed by atoms with E-state index >= 15 is 0 Å². The fourth-order valence-electron chi connectivity index (χ4n) is 1.90. The van der Waals surface area contributed by atoms with Crippen molar-refractivity contribution in [3.8, 4) is 0 Å². The maximum absolute atomic E-state index is 13.9. The second kappa shape index (κ2) is 5.30. The normalized spacial score (nSPS) is 11.1. The van der Waals surface area contributed by atoms with Crippen molar-refractivity contribution in [2.24, 2.45) is 7.05 Å². The molecule has 98 valence electrons. The van der Waals surface area contributed by atoms with Crippen molar-refractivity contribution in [2.75, 3.05) is 0 Å². The van der Waals surface area contributed by atoms with Gasteiger partial charge in [-0.1, -0.05) is 0 Å². The van der Waals surface area contributed by atoms with E-state index in [4.69, 9.17) is 0 Å². The number of nitrogens with one attached hydrogen (secondary N) is 1. The van der Waals surface area contributed by atoms with E-state index in [2.05, 4.69) is 15.5 Å². The number of aryl methyl sites for hydroxylation is 3. The summed E-state index contributed by atoms with van der Waals surface area (Å²) in [6, 6.07) is 0. The Bertz CT molecular complexity index is 529. The molecule has 5 nitrogen and oxygen atoms in total. The van der Waals surface area contributed by atoms with Crippen LogP contribution < -0.4 is 5.32 Å². The molecule has 18 heavy (non-hydrogen) atoms. The highest BCUT2D eigenvalue weighted by atomic mass is 19.1. The molecule has 0 atom stereocenters. The third-order valence-electron chi connectivity index (χ3n) is 2.87. The van der Waals surface area contributed by atoms with Crippen molar-refractivity contribution in [3.05, 3.63) is 35.2 Å². The average Bonchev–Trinajstić information content (AvgIpc) is 2.86. The Morgan fingerprint density at radius 2 is 2.17 bits per heavy atom. The lowest BCUT2D eigenvalue weighted by molar-refractivity contribution is 0.460. The summed E-state index contributed by atoms with van der Waals surface area (Å²) in [5.41, 5.74) is 2.47. The van der Waals surface area contributed by atoms with E-state index in [1.54, 1.807) is 10.9 Å². The Hall–Kier alpha value is -1.69. The minimum absolute atomic E-state index is 0.242. The SMILES string of the molecule is CCn1nc(C)c(CNCc2cnn(C)c2)c1F. The number of nitrogens with zero attached hydrogens (tertiary/aromatic N) is 4. The van der Waals surface area contributed by atoms with Gasteiger partial charge in [0.1, 0.15) is 0 Å². The molecule has 6 heteroatoms. The summed E-state index contributed by atoms with van der Waals surface area (Å²) in [7, 11) is 1.87. The van der Waals surface area contributed by atoms with Crippen LogP contribution in [0.2, 0.25) is 0 Å². The van der Waals surface area contributed by atoms with Gasteiger partial charge in [-0.15, -0.1) is 0 Å². The molecule has 2 rings (SSSR count). The van der Waals surface area contributed by atoms with Crippen LogP contribution in [0.4, 0.5) is 4.39 Å². The maximum Gasteiger partial charge on any atom is 0.216 e. The van der Waals surface area contributed by atoms with Gasteiger partial charge in [0.2, 0.25) is 5.95 Å². The number of aromatic nitrogens is 4. The Balaban J connectivity index is 1.96. The first-order valence-electron chi connectivity index (χ1n) is 6.01. The second-order valence-electron chi connectivity index (χ2n) is 4.30. The first-order valence-corrected chi connectivity index (χ1v) is 6.01. The summed E-state index contributed by atoms with van der Waals surface area (Å²) in [6.45, 7) is 5.41. The summed E-state index contributed by atoms with van der Waals surface area (Å²) in [4.78, 5) is 0. The Labute approximate surface area is 106 Å². The van der Waals surface area contributed by atoms with E-state index in [9.17, 15) is 4.39 Å². The van der Waals surface area contributed by atoms with Crippen molar-refractivity contribution in [2.45, 2.75) is 33.5 Å². The number of halogens is 1. The predicted octanol–water partition coefficient (Wildman–Crippen LogP) is 1.37. The van der Waals surface area contributed by atoms with Crippen molar-refractivity contribution in [1.82, 2.24) is 24.9 Å². The van der Waals surface area contributed by atoms with Gasteiger partial charge in [-0.3, -0.25) is 4.68 Å². The molecular formula is C12H18FN5. The summed E-state index contributed by atoms with van der Waals surface area (Å²) >= 11 is 0. The van der Waals surface area contributed by atoms with Gasteiger partial charge >= 0.3 is 0 Å². The smallest absolute Gasteiger partial charge is 0.216 e. The third-order valence-corrected chi connectivity index (χ3v) is 2.87. The quantitative estimate of drug-likeness (QED) is 0.873. The molecule has 0 aromatic carbocycles. The lowest BCUT2D eigenvalue weighted by Crippen LogP contribution is -2.14. The first kappa shape index (κ1) is 12.8. The molecule has 0 aliphatic heterocycles. The standard InChI is InChI=1S/C12H18FN5/c1-4-18-12(13)11(9(2)16-18)7-14-5-10-6-15-17(3)8-10/h6,8,14H,4-5,7H2,1-3H3. The van der Waals surface area contributed by atoms with Crippen LogP contribution in [0.15, 0.2) is 12.4 Å². The van der Waals surface area contributed by atoms with E-state index in [-0.39, 0.29) is 5.95 Å². The molecule has 0 saturated heterocycles. The molecule has 0 unspecified atom stereocenters. The van der Waals surface area contributed by atoms with Crippen molar-refractivity contribution >= 4 is 0 Å². The van der Waals surface area contributed by atoms with Crippen LogP contribution in [0.5, 0.6) is 0 Å². The summed E-state index contributed by atoms with van der Waals surface area (Å²) in [6.07, 6.45) is 3.73. The van der Waals surface area contributed by atoms with Crippen molar-refractivity contribution in [3.63, 3.8) is 0 Å². The molecule has 0 fully saturated rings. The van der Waals surface area contributed by atoms with E-state index in [0.717, 1.165) is 11.3 Å². The molecule has 0 radical (unpaired) electrons. The van der Waals surface area contributed by atoms with Gasteiger partial charge in [0.25, 0.3) is 0 Å². The summed E-state index contributed by atoms with van der Waals surface area (Å²) in [5.74, 6) is -0.242. The minimum atomic E-state index is -0.242. The molecule has 0 aliphatic rings. The van der Waals surface area contributed by atoms with Crippen molar-refractivity contribution < 1.29 is 4.39 Å². The molecule has 2 aromatic rings. The van der Waals surface area contributed by atoms with E-state index in [0.29, 0.717) is 25.2 Å². The lowest BCUT2D eigenvalue weighted by Gasteiger charge is -2.02. The van der Waals surface area contributed by atoms with Gasteiger partial charge in [-0.2, -0.15) is 14.6 Å². The first-order chi connectivity index (χ1) is 8.61. The molecule has 0 spiro atoms. The van der Waals surface area contributed by atoms with Gasteiger partial charge in [-0.25, -0.2) is 4.68 Å².